The van der Waals surface area contributed by atoms with Crippen LogP contribution < -0.4 is 0 Å². The van der Waals surface area contributed by atoms with Crippen molar-refractivity contribution in [1.29, 1.82) is 0 Å². The molecule has 3 heterocycles. The monoisotopic (exact) mass is 332 g/mol. The molecular formula is C18H28N4O2. The molecule has 1 aromatic heterocycles. The van der Waals surface area contributed by atoms with Gasteiger partial charge >= 0.3 is 0 Å². The fraction of sp³-hybridized carbons (Fsp3) is 0.667. The van der Waals surface area contributed by atoms with E-state index in [9.17, 15) is 4.79 Å². The summed E-state index contributed by atoms with van der Waals surface area (Å²) in [5.74, 6) is 0.219. The van der Waals surface area contributed by atoms with Crippen LogP contribution in [0.2, 0.25) is 0 Å². The molecule has 2 aliphatic rings. The van der Waals surface area contributed by atoms with Gasteiger partial charge in [-0.3, -0.25) is 14.4 Å². The van der Waals surface area contributed by atoms with Gasteiger partial charge in [-0.05, 0) is 19.4 Å². The Balaban J connectivity index is 1.55. The number of amides is 1. The number of aryl methyl sites for hydroxylation is 2. The van der Waals surface area contributed by atoms with E-state index in [0.717, 1.165) is 57.8 Å². The van der Waals surface area contributed by atoms with Crippen molar-refractivity contribution in [3.63, 3.8) is 0 Å². The third kappa shape index (κ3) is 4.45. The van der Waals surface area contributed by atoms with Gasteiger partial charge in [0.2, 0.25) is 5.91 Å². The Morgan fingerprint density at radius 2 is 2.12 bits per heavy atom. The minimum Gasteiger partial charge on any atom is -0.378 e. The van der Waals surface area contributed by atoms with Crippen LogP contribution in [0.5, 0.6) is 0 Å². The second-order valence-corrected chi connectivity index (χ2v) is 6.50. The van der Waals surface area contributed by atoms with Crippen molar-refractivity contribution in [2.24, 2.45) is 0 Å². The van der Waals surface area contributed by atoms with Crippen molar-refractivity contribution in [1.82, 2.24) is 19.6 Å². The fourth-order valence-corrected chi connectivity index (χ4v) is 3.33. The van der Waals surface area contributed by atoms with Crippen molar-refractivity contribution in [2.75, 3.05) is 39.4 Å². The van der Waals surface area contributed by atoms with Crippen LogP contribution in [0.15, 0.2) is 18.2 Å². The third-order valence-corrected chi connectivity index (χ3v) is 4.70. The Morgan fingerprint density at radius 3 is 2.92 bits per heavy atom. The second-order valence-electron chi connectivity index (χ2n) is 6.50. The van der Waals surface area contributed by atoms with Crippen LogP contribution in [0.3, 0.4) is 0 Å². The Hall–Kier alpha value is -1.66. The first-order valence-corrected chi connectivity index (χ1v) is 9.01. The standard InChI is InChI=1S/C18H28N4O2/c1-2-3-7-20-8-4-9-22-17(15-20)14-16(19-22)5-6-18(23)21-10-12-24-13-11-21/h2-3,14H,4-13,15H2,1H3/b3-2+. The van der Waals surface area contributed by atoms with Crippen molar-refractivity contribution < 1.29 is 9.53 Å². The summed E-state index contributed by atoms with van der Waals surface area (Å²) in [7, 11) is 0. The summed E-state index contributed by atoms with van der Waals surface area (Å²) in [5, 5.41) is 4.72. The fourth-order valence-electron chi connectivity index (χ4n) is 3.33. The van der Waals surface area contributed by atoms with Crippen molar-refractivity contribution in [2.45, 2.75) is 39.3 Å². The number of hydrogen-bond acceptors (Lipinski definition) is 4. The highest BCUT2D eigenvalue weighted by Crippen LogP contribution is 2.15. The molecule has 1 fully saturated rings. The average molecular weight is 332 g/mol. The Morgan fingerprint density at radius 1 is 1.29 bits per heavy atom. The molecule has 1 amide bonds. The summed E-state index contributed by atoms with van der Waals surface area (Å²) in [4.78, 5) is 16.6. The van der Waals surface area contributed by atoms with Gasteiger partial charge in [-0.15, -0.1) is 0 Å². The predicted octanol–water partition coefficient (Wildman–Crippen LogP) is 1.46. The van der Waals surface area contributed by atoms with Gasteiger partial charge in [0.1, 0.15) is 0 Å². The number of rotatable bonds is 5. The lowest BCUT2D eigenvalue weighted by Crippen LogP contribution is -2.40. The molecule has 6 heteroatoms. The largest absolute Gasteiger partial charge is 0.378 e. The van der Waals surface area contributed by atoms with E-state index in [0.29, 0.717) is 19.6 Å². The molecule has 0 saturated carbocycles. The first kappa shape index (κ1) is 17.2. The number of ether oxygens (including phenoxy) is 1. The minimum atomic E-state index is 0.219. The van der Waals surface area contributed by atoms with Gasteiger partial charge in [0.15, 0.2) is 0 Å². The number of hydrogen-bond donors (Lipinski definition) is 0. The molecule has 6 nitrogen and oxygen atoms in total. The van der Waals surface area contributed by atoms with Gasteiger partial charge in [-0.1, -0.05) is 12.2 Å². The van der Waals surface area contributed by atoms with Crippen molar-refractivity contribution in [3.8, 4) is 0 Å². The lowest BCUT2D eigenvalue weighted by atomic mass is 10.2. The molecule has 0 atom stereocenters. The Bertz CT molecular complexity index is 576. The summed E-state index contributed by atoms with van der Waals surface area (Å²) < 4.78 is 7.43. The van der Waals surface area contributed by atoms with Crippen LogP contribution in [0.25, 0.3) is 0 Å². The summed E-state index contributed by atoms with van der Waals surface area (Å²) in [5.41, 5.74) is 2.31. The van der Waals surface area contributed by atoms with Crippen LogP contribution in [-0.2, 0) is 29.0 Å². The molecule has 132 valence electrons. The van der Waals surface area contributed by atoms with Gasteiger partial charge in [0.25, 0.3) is 0 Å². The maximum absolute atomic E-state index is 12.3. The number of nitrogens with zero attached hydrogens (tertiary/aromatic N) is 4. The van der Waals surface area contributed by atoms with E-state index in [1.54, 1.807) is 0 Å². The second kappa shape index (κ2) is 8.44. The minimum absolute atomic E-state index is 0.219. The van der Waals surface area contributed by atoms with E-state index in [1.165, 1.54) is 5.69 Å². The molecule has 0 radical (unpaired) electrons. The molecule has 3 rings (SSSR count). The number of aromatic nitrogens is 2. The maximum Gasteiger partial charge on any atom is 0.223 e. The third-order valence-electron chi connectivity index (χ3n) is 4.70. The van der Waals surface area contributed by atoms with Gasteiger partial charge in [-0.2, -0.15) is 5.10 Å². The lowest BCUT2D eigenvalue weighted by molar-refractivity contribution is -0.135. The first-order chi connectivity index (χ1) is 11.8. The highest BCUT2D eigenvalue weighted by atomic mass is 16.5. The summed E-state index contributed by atoms with van der Waals surface area (Å²) in [6, 6.07) is 2.18. The summed E-state index contributed by atoms with van der Waals surface area (Å²) in [6.45, 7) is 8.83. The molecular weight excluding hydrogens is 304 g/mol. The van der Waals surface area contributed by atoms with Crippen LogP contribution in [0.1, 0.15) is 31.2 Å². The topological polar surface area (TPSA) is 50.6 Å². The number of allylic oxidation sites excluding steroid dienone is 1. The number of morpholine rings is 1. The highest BCUT2D eigenvalue weighted by molar-refractivity contribution is 5.76. The molecule has 1 aromatic rings. The Labute approximate surface area is 144 Å². The molecule has 0 spiro atoms. The molecule has 2 aliphatic heterocycles. The van der Waals surface area contributed by atoms with Gasteiger partial charge in [0, 0.05) is 52.1 Å². The van der Waals surface area contributed by atoms with Gasteiger partial charge < -0.3 is 9.64 Å². The first-order valence-electron chi connectivity index (χ1n) is 9.01. The van der Waals surface area contributed by atoms with E-state index in [1.807, 2.05) is 4.90 Å². The lowest BCUT2D eigenvalue weighted by Gasteiger charge is -2.26. The maximum atomic E-state index is 12.3. The number of fused-ring (bicyclic) bond motifs is 1. The van der Waals surface area contributed by atoms with Crippen LogP contribution in [0.4, 0.5) is 0 Å². The average Bonchev–Trinajstić information content (AvgIpc) is 2.90. The van der Waals surface area contributed by atoms with E-state index < -0.39 is 0 Å². The Kier molecular flexibility index (Phi) is 6.04. The normalized spacial score (nSPS) is 19.5. The molecule has 0 N–H and O–H groups in total. The smallest absolute Gasteiger partial charge is 0.223 e. The molecule has 0 unspecified atom stereocenters. The summed E-state index contributed by atoms with van der Waals surface area (Å²) >= 11 is 0. The zero-order chi connectivity index (χ0) is 16.8. The van der Waals surface area contributed by atoms with Crippen molar-refractivity contribution in [3.05, 3.63) is 29.6 Å². The van der Waals surface area contributed by atoms with Crippen LogP contribution in [-0.4, -0.2) is 64.9 Å². The highest BCUT2D eigenvalue weighted by Gasteiger charge is 2.19. The SMILES string of the molecule is C/C=C/CN1CCCn2nc(CCC(=O)N3CCOCC3)cc2C1. The van der Waals surface area contributed by atoms with Gasteiger partial charge in [-0.25, -0.2) is 0 Å². The number of carbonyl (C=O) groups excluding carboxylic acids is 1. The van der Waals surface area contributed by atoms with Gasteiger partial charge in [0.05, 0.1) is 24.6 Å². The van der Waals surface area contributed by atoms with E-state index in [2.05, 4.69) is 34.7 Å². The van der Waals surface area contributed by atoms with Crippen molar-refractivity contribution >= 4 is 5.91 Å². The zero-order valence-corrected chi connectivity index (χ0v) is 14.6. The zero-order valence-electron chi connectivity index (χ0n) is 14.6. The summed E-state index contributed by atoms with van der Waals surface area (Å²) in [6.07, 6.45) is 6.70. The molecule has 0 aliphatic carbocycles. The molecule has 0 bridgehead atoms. The molecule has 1 saturated heterocycles. The molecule has 24 heavy (non-hydrogen) atoms. The van der Waals surface area contributed by atoms with Crippen LogP contribution >= 0.6 is 0 Å². The van der Waals surface area contributed by atoms with Crippen LogP contribution in [0, 0.1) is 0 Å². The predicted molar refractivity (Wildman–Crippen MR) is 92.7 cm³/mol. The quantitative estimate of drug-likeness (QED) is 0.766. The molecule has 0 aromatic carbocycles. The van der Waals surface area contributed by atoms with E-state index in [-0.39, 0.29) is 5.91 Å². The van der Waals surface area contributed by atoms with E-state index >= 15 is 0 Å². The van der Waals surface area contributed by atoms with E-state index in [4.69, 9.17) is 9.84 Å². The number of carbonyl (C=O) groups is 1.